The molecule has 0 amide bonds. The molecule has 0 saturated carbocycles. The molecule has 0 radical (unpaired) electrons. The second kappa shape index (κ2) is 41.7. The Labute approximate surface area is 318 Å². The van der Waals surface area contributed by atoms with Gasteiger partial charge < -0.3 is 13.1 Å². The summed E-state index contributed by atoms with van der Waals surface area (Å²) < 4.78 is 1.18. The number of aliphatic carboxylic acids is 2. The first-order valence-electron chi connectivity index (χ1n) is 9.45. The molecule has 0 saturated heterocycles. The number of thiophene rings is 3. The van der Waals surface area contributed by atoms with Crippen molar-refractivity contribution in [3.8, 4) is 0 Å². The molecule has 3 heterocycles. The van der Waals surface area contributed by atoms with Crippen molar-refractivity contribution in [1.82, 2.24) is 0 Å². The smallest absolute Gasteiger partial charge is 1.00 e. The number of aryl methyl sites for hydroxylation is 2. The molecule has 3 aromatic heterocycles. The summed E-state index contributed by atoms with van der Waals surface area (Å²) >= 11 is 16.4. The minimum atomic E-state index is -0.891. The molecule has 14 heteroatoms. The van der Waals surface area contributed by atoms with Crippen LogP contribution in [0.2, 0.25) is 0 Å². The van der Waals surface area contributed by atoms with E-state index in [0.717, 1.165) is 6.08 Å². The zero-order valence-electron chi connectivity index (χ0n) is 22.1. The molecule has 1 unspecified atom stereocenters. The van der Waals surface area contributed by atoms with Crippen molar-refractivity contribution >= 4 is 155 Å². The van der Waals surface area contributed by atoms with E-state index in [9.17, 15) is 9.59 Å². The molecule has 220 valence electrons. The van der Waals surface area contributed by atoms with Gasteiger partial charge in [0.2, 0.25) is 0 Å². The topological polar surface area (TPSA) is 74.6 Å². The molecule has 0 aliphatic rings. The molecular weight excluding hydrogens is 1140 g/mol. The van der Waals surface area contributed by atoms with Gasteiger partial charge in [0.15, 0.2) is 0 Å². The zero-order chi connectivity index (χ0) is 27.5. The number of hydrogen-bond acceptors (Lipinski definition) is 6. The first-order chi connectivity index (χ1) is 16.7. The summed E-state index contributed by atoms with van der Waals surface area (Å²) in [6, 6.07) is 12.3. The summed E-state index contributed by atoms with van der Waals surface area (Å²) in [5.74, 6) is -1.62. The van der Waals surface area contributed by atoms with E-state index in [0.29, 0.717) is 13.3 Å². The van der Waals surface area contributed by atoms with Gasteiger partial charge in [-0.05, 0) is 55.1 Å². The van der Waals surface area contributed by atoms with Gasteiger partial charge in [-0.3, -0.25) is 4.79 Å². The maximum Gasteiger partial charge on any atom is 2.00 e. The van der Waals surface area contributed by atoms with Gasteiger partial charge in [-0.2, -0.15) is 0 Å². The molecule has 0 aliphatic carbocycles. The Hall–Kier alpha value is 2.55. The number of thioether (sulfide) groups is 1. The van der Waals surface area contributed by atoms with Crippen LogP contribution in [0.1, 0.15) is 47.7 Å². The average Bonchev–Trinajstić information content (AvgIpc) is 3.56. The standard InChI is InChI=1S/C8H10O2S2.2C5H6S.C4H6O2.2CH4.I3.I2.Mg.2H/c1-6(5-7(9)10)12-8-3-2-4-11-8;2*1-5-3-2-4-6-5;1-2-3-4(5)6;;;1-3-2;1-2;;;/h2-4,6H,5H2,1H3,(H,9,10);2*2-4H,1H3;2-3H,1H3,(H,5,6);2*1H4;;;;;/q;;;;;;-1;;+2;2*-1/b;;;3-2+;;;;;;;. The van der Waals surface area contributed by atoms with Gasteiger partial charge in [0.05, 0.1) is 10.6 Å². The van der Waals surface area contributed by atoms with E-state index in [1.165, 1.54) is 20.0 Å². The average molecular weight is 1180 g/mol. The number of carboxylic acids is 2. The quantitative estimate of drug-likeness (QED) is 0.116. The van der Waals surface area contributed by atoms with Crippen LogP contribution in [0.3, 0.4) is 0 Å². The van der Waals surface area contributed by atoms with Crippen LogP contribution in [0.25, 0.3) is 0 Å². The maximum absolute atomic E-state index is 10.3. The van der Waals surface area contributed by atoms with Crippen molar-refractivity contribution < 1.29 is 35.9 Å². The minimum absolute atomic E-state index is 0. The number of rotatable bonds is 5. The molecule has 0 fully saturated rings. The number of carboxylic acid groups (broad SMARTS) is 2. The summed E-state index contributed by atoms with van der Waals surface area (Å²) in [6.07, 6.45) is 2.78. The summed E-state index contributed by atoms with van der Waals surface area (Å²) in [6.45, 7) is 7.79. The van der Waals surface area contributed by atoms with E-state index in [1.54, 1.807) is 52.7 Å². The predicted octanol–water partition coefficient (Wildman–Crippen LogP) is 9.13. The van der Waals surface area contributed by atoms with Crippen LogP contribution in [0.4, 0.5) is 0 Å². The fraction of sp³-hybridized carbons (Fsp3) is 0.333. The number of halogens is 5. The fourth-order valence-electron chi connectivity index (χ4n) is 1.68. The van der Waals surface area contributed by atoms with Gasteiger partial charge in [-0.25, -0.2) is 4.79 Å². The molecule has 0 aliphatic heterocycles. The van der Waals surface area contributed by atoms with Crippen LogP contribution in [-0.2, 0) is 9.59 Å². The van der Waals surface area contributed by atoms with E-state index < -0.39 is 11.9 Å². The van der Waals surface area contributed by atoms with Crippen LogP contribution in [0.15, 0.2) is 68.9 Å². The Morgan fingerprint density at radius 2 is 1.37 bits per heavy atom. The van der Waals surface area contributed by atoms with Crippen LogP contribution < -0.4 is 13.3 Å². The van der Waals surface area contributed by atoms with Crippen LogP contribution >= 0.6 is 120 Å². The van der Waals surface area contributed by atoms with Gasteiger partial charge in [0.25, 0.3) is 0 Å². The molecule has 1 atom stereocenters. The molecule has 0 bridgehead atoms. The molecule has 0 spiro atoms. The Kier molecular flexibility index (Phi) is 58.3. The third-order valence-electron chi connectivity index (χ3n) is 2.91. The van der Waals surface area contributed by atoms with Crippen LogP contribution in [-0.4, -0.2) is 50.5 Å². The van der Waals surface area contributed by atoms with E-state index >= 15 is 0 Å². The van der Waals surface area contributed by atoms with Crippen molar-refractivity contribution in [1.29, 1.82) is 0 Å². The second-order valence-corrected chi connectivity index (χ2v) is 27.0. The van der Waals surface area contributed by atoms with E-state index in [-0.39, 0.29) is 52.4 Å². The first-order valence-corrected chi connectivity index (χ1v) is 31.8. The number of hydrogen-bond donors (Lipinski definition) is 2. The monoisotopic (exact) mass is 1180 g/mol. The van der Waals surface area contributed by atoms with E-state index in [1.807, 2.05) is 24.4 Å². The molecule has 2 N–H and O–H groups in total. The third kappa shape index (κ3) is 45.5. The summed E-state index contributed by atoms with van der Waals surface area (Å²) in [5.41, 5.74) is 0. The first kappa shape index (κ1) is 53.1. The molecule has 38 heavy (non-hydrogen) atoms. The predicted molar refractivity (Wildman–Crippen MR) is 210 cm³/mol. The SMILES string of the molecule is C.C.C/C=C/C(=O)O.CC(CC(=O)O)Sc1cccs1.Cc1cccs1.Cc1cccs1.II.I[I-]I.[H-].[H-].[Mg+2]. The van der Waals surface area contributed by atoms with Crippen molar-refractivity contribution in [2.24, 2.45) is 0 Å². The maximum atomic E-state index is 10.3. The Bertz CT molecular complexity index is 831. The summed E-state index contributed by atoms with van der Waals surface area (Å²) in [5, 5.41) is 22.6. The minimum Gasteiger partial charge on any atom is -1.00 e. The van der Waals surface area contributed by atoms with Gasteiger partial charge in [-0.15, -0.1) is 45.8 Å². The largest absolute Gasteiger partial charge is 2.00 e. The summed E-state index contributed by atoms with van der Waals surface area (Å²) in [7, 11) is 0. The Morgan fingerprint density at radius 3 is 1.55 bits per heavy atom. The fourth-order valence-corrected chi connectivity index (χ4v) is 4.85. The number of allylic oxidation sites excluding steroid dienone is 1. The molecular formula is C24H38I5MgO4S4-. The van der Waals surface area contributed by atoms with Gasteiger partial charge in [0.1, 0.15) is 0 Å². The van der Waals surface area contributed by atoms with Crippen molar-refractivity contribution in [2.75, 3.05) is 0 Å². The van der Waals surface area contributed by atoms with Gasteiger partial charge >= 0.3 is 85.5 Å². The zero-order valence-corrected chi connectivity index (χ0v) is 35.5. The van der Waals surface area contributed by atoms with Crippen molar-refractivity contribution in [3.05, 3.63) is 74.4 Å². The van der Waals surface area contributed by atoms with E-state index in [4.69, 9.17) is 10.2 Å². The molecule has 0 aromatic carbocycles. The molecule has 3 rings (SSSR count). The molecule has 4 nitrogen and oxygen atoms in total. The Morgan fingerprint density at radius 1 is 0.974 bits per heavy atom. The second-order valence-electron chi connectivity index (χ2n) is 5.80. The van der Waals surface area contributed by atoms with Gasteiger partial charge in [-0.1, -0.05) is 46.1 Å². The summed E-state index contributed by atoms with van der Waals surface area (Å²) in [4.78, 5) is 22.6. The Balaban J connectivity index is -0.0000000538. The van der Waals surface area contributed by atoms with Crippen LogP contribution in [0.5, 0.6) is 0 Å². The van der Waals surface area contributed by atoms with Crippen molar-refractivity contribution in [2.45, 2.75) is 58.4 Å². The van der Waals surface area contributed by atoms with Crippen LogP contribution in [0, 0.1) is 13.8 Å². The normalized spacial score (nSPS) is 9.05. The van der Waals surface area contributed by atoms with Crippen molar-refractivity contribution in [3.63, 3.8) is 0 Å². The third-order valence-corrected chi connectivity index (χ3v) is 6.69. The molecule has 3 aromatic rings. The van der Waals surface area contributed by atoms with E-state index in [2.05, 4.69) is 123 Å². The van der Waals surface area contributed by atoms with Gasteiger partial charge in [0, 0.05) is 58.3 Å². The number of carbonyl (C=O) groups is 2.